The summed E-state index contributed by atoms with van der Waals surface area (Å²) in [6, 6.07) is 17.2. The van der Waals surface area contributed by atoms with Gasteiger partial charge < -0.3 is 19.7 Å². The molecule has 6 rings (SSSR count). The van der Waals surface area contributed by atoms with Crippen molar-refractivity contribution < 1.29 is 79.8 Å². The molecule has 420 valence electrons. The second-order valence-corrected chi connectivity index (χ2v) is 25.3. The fourth-order valence-electron chi connectivity index (χ4n) is 8.40. The lowest BCUT2D eigenvalue weighted by molar-refractivity contribution is -0.284. The number of carbonyl (C=O) groups is 2. The van der Waals surface area contributed by atoms with Crippen LogP contribution in [0.15, 0.2) is 95.0 Å². The maximum atomic E-state index is 13.9. The number of halogens is 10. The molecule has 2 saturated heterocycles. The smallest absolute Gasteiger partial charge is 0.453 e. The maximum Gasteiger partial charge on any atom is 0.453 e. The summed E-state index contributed by atoms with van der Waals surface area (Å²) in [5.74, 6) is -11.2. The van der Waals surface area contributed by atoms with Gasteiger partial charge in [-0.3, -0.25) is 19.6 Å². The molecule has 4 aromatic rings. The minimum atomic E-state index is -5.61. The minimum absolute atomic E-state index is 0.0481. The molecule has 0 aliphatic carbocycles. The van der Waals surface area contributed by atoms with E-state index in [0.717, 1.165) is 6.54 Å². The summed E-state index contributed by atoms with van der Waals surface area (Å²) in [7, 11) is -8.28. The number of esters is 2. The molecular formula is C52H62F10N4O8S2. The first-order chi connectivity index (χ1) is 34.9. The average Bonchev–Trinajstić information content (AvgIpc) is 3.34. The number of sulfone groups is 2. The van der Waals surface area contributed by atoms with E-state index in [1.54, 1.807) is 41.5 Å². The molecule has 1 N–H and O–H groups in total. The first-order valence-electron chi connectivity index (χ1n) is 24.3. The second kappa shape index (κ2) is 23.0. The zero-order valence-corrected chi connectivity index (χ0v) is 44.6. The van der Waals surface area contributed by atoms with Crippen molar-refractivity contribution in [1.29, 1.82) is 0 Å². The summed E-state index contributed by atoms with van der Waals surface area (Å²) < 4.78 is 190. The Kier molecular flexibility index (Phi) is 18.7. The number of piperidine rings is 2. The Balaban J connectivity index is 0.000000281. The number of nitrogens with zero attached hydrogens (tertiary/aromatic N) is 3. The highest BCUT2D eigenvalue weighted by Gasteiger charge is 2.58. The lowest BCUT2D eigenvalue weighted by Gasteiger charge is -2.40. The molecular weight excluding hydrogens is 1060 g/mol. The van der Waals surface area contributed by atoms with Crippen LogP contribution in [-0.2, 0) is 51.6 Å². The number of hydrogen-bond acceptors (Lipinski definition) is 12. The van der Waals surface area contributed by atoms with Crippen LogP contribution in [0, 0.1) is 0 Å². The van der Waals surface area contributed by atoms with Crippen molar-refractivity contribution in [2.75, 3.05) is 32.7 Å². The maximum absolute atomic E-state index is 13.9. The van der Waals surface area contributed by atoms with Crippen molar-refractivity contribution in [2.24, 2.45) is 0 Å². The van der Waals surface area contributed by atoms with Gasteiger partial charge >= 0.3 is 36.1 Å². The molecule has 4 heterocycles. The van der Waals surface area contributed by atoms with Gasteiger partial charge in [0, 0.05) is 49.5 Å². The fraction of sp³-hybridized carbons (Fsp3) is 0.538. The molecule has 0 radical (unpaired) electrons. The van der Waals surface area contributed by atoms with Gasteiger partial charge in [0.25, 0.3) is 0 Å². The van der Waals surface area contributed by atoms with Crippen molar-refractivity contribution >= 4 is 31.6 Å². The van der Waals surface area contributed by atoms with Gasteiger partial charge in [-0.1, -0.05) is 43.3 Å². The van der Waals surface area contributed by atoms with Crippen molar-refractivity contribution in [1.82, 2.24) is 20.2 Å². The van der Waals surface area contributed by atoms with E-state index < -0.39 is 102 Å². The number of aryl methyl sites for hydroxylation is 2. The van der Waals surface area contributed by atoms with E-state index in [0.29, 0.717) is 48.7 Å². The Hall–Kier alpha value is -5.20. The molecule has 2 aliphatic heterocycles. The molecule has 76 heavy (non-hydrogen) atoms. The minimum Gasteiger partial charge on any atom is -0.459 e. The number of nitrogens with one attached hydrogen (secondary N) is 1. The second-order valence-electron chi connectivity index (χ2n) is 20.7. The molecule has 12 nitrogen and oxygen atoms in total. The summed E-state index contributed by atoms with van der Waals surface area (Å²) in [6.45, 7) is 14.3. The Morgan fingerprint density at radius 1 is 0.553 bits per heavy atom. The van der Waals surface area contributed by atoms with Crippen LogP contribution in [0.5, 0.6) is 0 Å². The predicted molar refractivity (Wildman–Crippen MR) is 263 cm³/mol. The first kappa shape index (κ1) is 61.7. The lowest BCUT2D eigenvalue weighted by Crippen LogP contribution is -2.56. The zero-order valence-electron chi connectivity index (χ0n) is 43.0. The van der Waals surface area contributed by atoms with Crippen LogP contribution in [-0.4, -0.2) is 121 Å². The summed E-state index contributed by atoms with van der Waals surface area (Å²) in [5, 5.41) is 3.06. The third kappa shape index (κ3) is 14.3. The molecule has 0 saturated carbocycles. The van der Waals surface area contributed by atoms with Crippen LogP contribution in [0.1, 0.15) is 98.1 Å². The highest BCUT2D eigenvalue weighted by atomic mass is 32.2. The van der Waals surface area contributed by atoms with Crippen LogP contribution in [0.3, 0.4) is 0 Å². The van der Waals surface area contributed by atoms with Gasteiger partial charge in [0.15, 0.2) is 29.2 Å². The van der Waals surface area contributed by atoms with Gasteiger partial charge in [-0.25, -0.2) is 16.8 Å². The fourth-order valence-corrected chi connectivity index (χ4v) is 12.3. The summed E-state index contributed by atoms with van der Waals surface area (Å²) in [5.41, 5.74) is 0.441. The SMILES string of the molecule is CC(C)(C)OC(=O)C1(S(=O)(=O)c2ccc(-c3ccc(CCC(F)(F)C(F)(F)F)cn3)cc2)CCNCC1.CCN1CCC(C(=O)OC(C)(C)C)(S(=O)(=O)c2ccc(-c3ccc(CCC(F)(F)C(F)(F)F)cn3)cc2)CC1. The van der Waals surface area contributed by atoms with E-state index in [-0.39, 0.29) is 46.6 Å². The first-order valence-corrected chi connectivity index (χ1v) is 27.3. The number of pyridine rings is 2. The normalized spacial score (nSPS) is 17.0. The molecule has 2 fully saturated rings. The number of hydrogen-bond donors (Lipinski definition) is 1. The summed E-state index contributed by atoms with van der Waals surface area (Å²) >= 11 is 0. The Morgan fingerprint density at radius 2 is 0.895 bits per heavy atom. The van der Waals surface area contributed by atoms with E-state index >= 15 is 0 Å². The summed E-state index contributed by atoms with van der Waals surface area (Å²) in [6.07, 6.45) is -12.3. The Bertz CT molecular complexity index is 2840. The number of rotatable bonds is 15. The third-order valence-corrected chi connectivity index (χ3v) is 17.9. The number of likely N-dealkylation sites (tertiary alicyclic amines) is 1. The van der Waals surface area contributed by atoms with Crippen LogP contribution in [0.25, 0.3) is 22.5 Å². The molecule has 0 spiro atoms. The van der Waals surface area contributed by atoms with Gasteiger partial charge in [0.05, 0.1) is 21.2 Å². The lowest BCUT2D eigenvalue weighted by atomic mass is 9.95. The van der Waals surface area contributed by atoms with Crippen LogP contribution in [0.2, 0.25) is 0 Å². The topological polar surface area (TPSA) is 162 Å². The van der Waals surface area contributed by atoms with Crippen molar-refractivity contribution in [2.45, 2.75) is 155 Å². The highest BCUT2D eigenvalue weighted by Crippen LogP contribution is 2.42. The molecule has 2 aromatic carbocycles. The van der Waals surface area contributed by atoms with Gasteiger partial charge in [-0.05, 0) is 147 Å². The zero-order chi connectivity index (χ0) is 57.0. The standard InChI is InChI=1S/C27H33F5N2O4S.C25H29F5N2O4S/c1-5-34-16-14-25(15-17-34,23(35)38-24(2,3)4)39(36,37)21-9-7-20(8-10-21)22-11-6-19(18-33-22)12-13-26(28,29)27(30,31)32;1-22(2,3)36-21(33)23(12-14-31-15-13-23)37(34,35)19-7-5-18(6-8-19)20-9-4-17(16-32-20)10-11-24(26,27)25(28,29)30/h6-11,18H,5,12-17H2,1-4H3;4-9,16,31H,10-15H2,1-3H3. The van der Waals surface area contributed by atoms with E-state index in [9.17, 15) is 70.3 Å². The van der Waals surface area contributed by atoms with E-state index in [1.165, 1.54) is 85.2 Å². The van der Waals surface area contributed by atoms with Crippen molar-refractivity contribution in [3.05, 3.63) is 96.3 Å². The Labute approximate surface area is 436 Å². The molecule has 0 unspecified atom stereocenters. The third-order valence-electron chi connectivity index (χ3n) is 12.9. The van der Waals surface area contributed by atoms with Gasteiger partial charge in [-0.2, -0.15) is 43.9 Å². The van der Waals surface area contributed by atoms with Crippen LogP contribution < -0.4 is 5.32 Å². The van der Waals surface area contributed by atoms with Crippen molar-refractivity contribution in [3.8, 4) is 22.5 Å². The molecule has 0 bridgehead atoms. The molecule has 2 aliphatic rings. The molecule has 24 heteroatoms. The molecule has 0 atom stereocenters. The monoisotopic (exact) mass is 1120 g/mol. The van der Waals surface area contributed by atoms with Crippen molar-refractivity contribution in [3.63, 3.8) is 0 Å². The number of ether oxygens (including phenoxy) is 2. The van der Waals surface area contributed by atoms with Crippen LogP contribution in [0.4, 0.5) is 43.9 Å². The number of benzene rings is 2. The van der Waals surface area contributed by atoms with Gasteiger partial charge in [0.2, 0.25) is 0 Å². The number of aromatic nitrogens is 2. The Morgan fingerprint density at radius 3 is 1.18 bits per heavy atom. The number of alkyl halides is 10. The molecule has 2 aromatic heterocycles. The largest absolute Gasteiger partial charge is 0.459 e. The molecule has 0 amide bonds. The van der Waals surface area contributed by atoms with E-state index in [2.05, 4.69) is 20.2 Å². The van der Waals surface area contributed by atoms with Gasteiger partial charge in [-0.15, -0.1) is 0 Å². The van der Waals surface area contributed by atoms with E-state index in [1.807, 2.05) is 6.92 Å². The van der Waals surface area contributed by atoms with E-state index in [4.69, 9.17) is 9.47 Å². The highest BCUT2D eigenvalue weighted by molar-refractivity contribution is 7.94. The number of carbonyl (C=O) groups excluding carboxylic acids is 2. The quantitative estimate of drug-likeness (QED) is 0.0887. The average molecular weight is 1130 g/mol. The van der Waals surface area contributed by atoms with Crippen LogP contribution >= 0.6 is 0 Å². The summed E-state index contributed by atoms with van der Waals surface area (Å²) in [4.78, 5) is 36.6. The predicted octanol–water partition coefficient (Wildman–Crippen LogP) is 11.0. The van der Waals surface area contributed by atoms with Gasteiger partial charge in [0.1, 0.15) is 11.2 Å².